The number of likely N-dealkylation sites (N-methyl/N-ethyl adjacent to an activating group) is 1. The molecule has 0 saturated carbocycles. The Kier molecular flexibility index (Phi) is 10.0. The topological polar surface area (TPSA) is 58.6 Å². The number of thioether (sulfide) groups is 1. The molecule has 30 heavy (non-hydrogen) atoms. The van der Waals surface area contributed by atoms with Crippen LogP contribution in [0.25, 0.3) is 0 Å². The van der Waals surface area contributed by atoms with Crippen molar-refractivity contribution < 1.29 is 14.3 Å². The molecule has 162 valence electrons. The number of nitrogens with one attached hydrogen (secondary N) is 1. The van der Waals surface area contributed by atoms with Gasteiger partial charge in [-0.1, -0.05) is 30.7 Å². The van der Waals surface area contributed by atoms with Gasteiger partial charge in [0.25, 0.3) is 0 Å². The molecule has 0 aliphatic rings. The van der Waals surface area contributed by atoms with Crippen LogP contribution in [0.15, 0.2) is 53.4 Å². The Morgan fingerprint density at radius 1 is 1.10 bits per heavy atom. The molecule has 1 atom stereocenters. The van der Waals surface area contributed by atoms with Crippen LogP contribution in [-0.4, -0.2) is 42.2 Å². The van der Waals surface area contributed by atoms with E-state index in [-0.39, 0.29) is 11.8 Å². The monoisotopic (exact) mass is 448 g/mol. The van der Waals surface area contributed by atoms with Gasteiger partial charge in [0.2, 0.25) is 11.8 Å². The van der Waals surface area contributed by atoms with Crippen molar-refractivity contribution in [3.05, 3.63) is 59.1 Å². The first-order chi connectivity index (χ1) is 14.5. The number of rotatable bonds is 11. The maximum Gasteiger partial charge on any atom is 0.242 e. The summed E-state index contributed by atoms with van der Waals surface area (Å²) in [6.45, 7) is 4.72. The lowest BCUT2D eigenvalue weighted by Crippen LogP contribution is -2.49. The van der Waals surface area contributed by atoms with Gasteiger partial charge in [-0.2, -0.15) is 0 Å². The molecule has 5 nitrogen and oxygen atoms in total. The number of benzene rings is 2. The summed E-state index contributed by atoms with van der Waals surface area (Å²) in [6.07, 6.45) is 0.900. The van der Waals surface area contributed by atoms with Gasteiger partial charge in [-0.3, -0.25) is 9.59 Å². The summed E-state index contributed by atoms with van der Waals surface area (Å²) in [7, 11) is 1.62. The van der Waals surface area contributed by atoms with Gasteiger partial charge in [-0.05, 0) is 55.3 Å². The Balaban J connectivity index is 2.10. The number of carbonyl (C=O) groups excluding carboxylic acids is 2. The third-order valence-electron chi connectivity index (χ3n) is 4.65. The number of carbonyl (C=O) groups is 2. The number of amides is 2. The van der Waals surface area contributed by atoms with E-state index in [1.165, 1.54) is 0 Å². The summed E-state index contributed by atoms with van der Waals surface area (Å²) in [4.78, 5) is 28.5. The van der Waals surface area contributed by atoms with Crippen LogP contribution in [0.4, 0.5) is 0 Å². The van der Waals surface area contributed by atoms with E-state index in [1.807, 2.05) is 62.4 Å². The Morgan fingerprint density at radius 2 is 1.77 bits per heavy atom. The zero-order valence-corrected chi connectivity index (χ0v) is 19.3. The lowest BCUT2D eigenvalue weighted by Gasteiger charge is -2.30. The van der Waals surface area contributed by atoms with Gasteiger partial charge in [0, 0.05) is 35.2 Å². The highest BCUT2D eigenvalue weighted by Gasteiger charge is 2.28. The average Bonchev–Trinajstić information content (AvgIpc) is 2.75. The van der Waals surface area contributed by atoms with E-state index >= 15 is 0 Å². The van der Waals surface area contributed by atoms with Crippen LogP contribution < -0.4 is 10.1 Å². The minimum absolute atomic E-state index is 0.0367. The zero-order valence-electron chi connectivity index (χ0n) is 17.7. The zero-order chi connectivity index (χ0) is 21.9. The van der Waals surface area contributed by atoms with Crippen LogP contribution in [0, 0.1) is 0 Å². The Hall–Kier alpha value is -2.18. The lowest BCUT2D eigenvalue weighted by atomic mass is 10.1. The van der Waals surface area contributed by atoms with Crippen LogP contribution in [0.3, 0.4) is 0 Å². The molecule has 0 aromatic heterocycles. The van der Waals surface area contributed by atoms with E-state index in [4.69, 9.17) is 16.3 Å². The van der Waals surface area contributed by atoms with E-state index in [1.54, 1.807) is 23.8 Å². The van der Waals surface area contributed by atoms with Gasteiger partial charge < -0.3 is 15.0 Å². The third kappa shape index (κ3) is 7.26. The fraction of sp³-hybridized carbons (Fsp3) is 0.391. The molecule has 0 aliphatic heterocycles. The molecule has 7 heteroatoms. The normalized spacial score (nSPS) is 11.6. The minimum Gasteiger partial charge on any atom is -0.497 e. The second kappa shape index (κ2) is 12.5. The second-order valence-electron chi connectivity index (χ2n) is 6.74. The van der Waals surface area contributed by atoms with Crippen LogP contribution in [0.2, 0.25) is 5.02 Å². The van der Waals surface area contributed by atoms with Gasteiger partial charge in [-0.15, -0.1) is 11.8 Å². The molecule has 2 rings (SSSR count). The largest absolute Gasteiger partial charge is 0.497 e. The Labute approximate surface area is 188 Å². The van der Waals surface area contributed by atoms with Gasteiger partial charge in [0.15, 0.2) is 0 Å². The molecular weight excluding hydrogens is 420 g/mol. The number of halogens is 1. The number of hydrogen-bond donors (Lipinski definition) is 1. The quantitative estimate of drug-likeness (QED) is 0.503. The van der Waals surface area contributed by atoms with Crippen LogP contribution in [0.1, 0.15) is 32.3 Å². The van der Waals surface area contributed by atoms with Crippen LogP contribution in [0.5, 0.6) is 5.75 Å². The average molecular weight is 449 g/mol. The Bertz CT molecular complexity index is 812. The smallest absolute Gasteiger partial charge is 0.242 e. The van der Waals surface area contributed by atoms with Crippen molar-refractivity contribution in [1.29, 1.82) is 0 Å². The summed E-state index contributed by atoms with van der Waals surface area (Å²) in [5.41, 5.74) is 0.956. The van der Waals surface area contributed by atoms with Gasteiger partial charge in [0.05, 0.1) is 7.11 Å². The van der Waals surface area contributed by atoms with Gasteiger partial charge in [-0.25, -0.2) is 0 Å². The highest BCUT2D eigenvalue weighted by Crippen LogP contribution is 2.22. The first-order valence-electron chi connectivity index (χ1n) is 10.1. The van der Waals surface area contributed by atoms with Gasteiger partial charge >= 0.3 is 0 Å². The van der Waals surface area contributed by atoms with Crippen molar-refractivity contribution in [2.75, 3.05) is 19.4 Å². The predicted octanol–water partition coefficient (Wildman–Crippen LogP) is 4.77. The summed E-state index contributed by atoms with van der Waals surface area (Å²) in [5.74, 6) is 1.23. The van der Waals surface area contributed by atoms with Crippen molar-refractivity contribution in [3.8, 4) is 5.75 Å². The maximum atomic E-state index is 13.1. The summed E-state index contributed by atoms with van der Waals surface area (Å²) in [6, 6.07) is 14.6. The molecule has 0 radical (unpaired) electrons. The van der Waals surface area contributed by atoms with E-state index in [9.17, 15) is 9.59 Å². The number of nitrogens with zero attached hydrogens (tertiary/aromatic N) is 1. The minimum atomic E-state index is -0.500. The predicted molar refractivity (Wildman–Crippen MR) is 123 cm³/mol. The molecule has 0 aliphatic carbocycles. The first-order valence-corrected chi connectivity index (χ1v) is 11.4. The molecule has 2 aromatic rings. The summed E-state index contributed by atoms with van der Waals surface area (Å²) < 4.78 is 5.21. The van der Waals surface area contributed by atoms with Crippen LogP contribution in [-0.2, 0) is 16.1 Å². The molecular formula is C23H29ClN2O3S. The fourth-order valence-electron chi connectivity index (χ4n) is 3.07. The van der Waals surface area contributed by atoms with Crippen LogP contribution >= 0.6 is 23.4 Å². The maximum absolute atomic E-state index is 13.1. The first kappa shape index (κ1) is 24.1. The highest BCUT2D eigenvalue weighted by molar-refractivity contribution is 7.99. The standard InChI is InChI=1S/C23H29ClN2O3S/c1-4-21(23(28)25-5-2)26(16-17-6-10-19(29-3)11-7-17)22(27)14-15-30-20-12-8-18(24)9-13-20/h6-13,21H,4-5,14-16H2,1-3H3,(H,25,28)/t21-/m0/s1. The van der Waals surface area contributed by atoms with Crippen molar-refractivity contribution in [2.45, 2.75) is 44.2 Å². The van der Waals surface area contributed by atoms with E-state index in [2.05, 4.69) is 5.32 Å². The molecule has 0 spiro atoms. The molecule has 0 unspecified atom stereocenters. The lowest BCUT2D eigenvalue weighted by molar-refractivity contribution is -0.141. The molecule has 0 saturated heterocycles. The van der Waals surface area contributed by atoms with Gasteiger partial charge in [0.1, 0.15) is 11.8 Å². The summed E-state index contributed by atoms with van der Waals surface area (Å²) in [5, 5.41) is 3.54. The van der Waals surface area contributed by atoms with E-state index < -0.39 is 6.04 Å². The SMILES string of the molecule is CCNC(=O)[C@H](CC)N(Cc1ccc(OC)cc1)C(=O)CCSc1ccc(Cl)cc1. The fourth-order valence-corrected chi connectivity index (χ4v) is 4.04. The summed E-state index contributed by atoms with van der Waals surface area (Å²) >= 11 is 7.52. The van der Waals surface area contributed by atoms with E-state index in [0.29, 0.717) is 36.7 Å². The number of hydrogen-bond acceptors (Lipinski definition) is 4. The third-order valence-corrected chi connectivity index (χ3v) is 5.91. The molecule has 0 fully saturated rings. The van der Waals surface area contributed by atoms with Crippen molar-refractivity contribution in [1.82, 2.24) is 10.2 Å². The van der Waals surface area contributed by atoms with Crippen molar-refractivity contribution >= 4 is 35.2 Å². The molecule has 2 amide bonds. The number of ether oxygens (including phenoxy) is 1. The number of methoxy groups -OCH3 is 1. The Morgan fingerprint density at radius 3 is 2.33 bits per heavy atom. The van der Waals surface area contributed by atoms with Crippen molar-refractivity contribution in [3.63, 3.8) is 0 Å². The molecule has 2 aromatic carbocycles. The second-order valence-corrected chi connectivity index (χ2v) is 8.35. The van der Waals surface area contributed by atoms with E-state index in [0.717, 1.165) is 16.2 Å². The van der Waals surface area contributed by atoms with Crippen molar-refractivity contribution in [2.24, 2.45) is 0 Å². The highest BCUT2D eigenvalue weighted by atomic mass is 35.5. The molecule has 0 heterocycles. The molecule has 0 bridgehead atoms. The molecule has 1 N–H and O–H groups in total.